The molecule has 0 aliphatic carbocycles. The number of nitrogens with one attached hydrogen (secondary N) is 1. The molecule has 1 aliphatic rings. The van der Waals surface area contributed by atoms with E-state index >= 15 is 0 Å². The van der Waals surface area contributed by atoms with Gasteiger partial charge in [-0.1, -0.05) is 41.4 Å². The molecule has 0 fully saturated rings. The maximum absolute atomic E-state index is 13.7. The Hall–Kier alpha value is -3.36. The van der Waals surface area contributed by atoms with Crippen LogP contribution in [0.1, 0.15) is 11.1 Å². The van der Waals surface area contributed by atoms with Gasteiger partial charge < -0.3 is 5.32 Å². The van der Waals surface area contributed by atoms with Crippen LogP contribution < -0.4 is 14.5 Å². The highest BCUT2D eigenvalue weighted by atomic mass is 35.5. The lowest BCUT2D eigenvalue weighted by Gasteiger charge is -2.32. The normalized spacial score (nSPS) is 13.3. The molecule has 0 atom stereocenters. The van der Waals surface area contributed by atoms with E-state index in [2.05, 4.69) is 5.32 Å². The number of hydrogen-bond donors (Lipinski definition) is 1. The van der Waals surface area contributed by atoms with Crippen LogP contribution in [0.5, 0.6) is 0 Å². The number of aryl methyl sites for hydroxylation is 2. The Morgan fingerprint density at radius 2 is 1.76 bits per heavy atom. The maximum Gasteiger partial charge on any atom is 0.264 e. The molecular weight excluding hydrogens is 462 g/mol. The molecule has 0 saturated heterocycles. The van der Waals surface area contributed by atoms with Crippen LogP contribution in [0.2, 0.25) is 5.02 Å². The van der Waals surface area contributed by atoms with Gasteiger partial charge in [0.25, 0.3) is 10.0 Å². The second kappa shape index (κ2) is 8.88. The number of amides is 2. The molecule has 1 N–H and O–H groups in total. The minimum atomic E-state index is -4.09. The van der Waals surface area contributed by atoms with E-state index in [9.17, 15) is 18.0 Å². The van der Waals surface area contributed by atoms with Gasteiger partial charge in [-0.2, -0.15) is 0 Å². The number of anilines is 3. The fraction of sp³-hybridized carbons (Fsp3) is 0.167. The highest BCUT2D eigenvalue weighted by molar-refractivity contribution is 7.92. The lowest BCUT2D eigenvalue weighted by Crippen LogP contribution is -2.48. The Labute approximate surface area is 197 Å². The number of carbonyl (C=O) groups is 2. The summed E-state index contributed by atoms with van der Waals surface area (Å²) in [6.07, 6.45) is 0. The zero-order valence-electron chi connectivity index (χ0n) is 18.1. The predicted octanol–water partition coefficient (Wildman–Crippen LogP) is 4.14. The SMILES string of the molecule is Cc1ccc(S(=O)(=O)N(CC(=O)N2CC(=O)Nc3ccccc32)c2ccc(Cl)cc2C)cc1. The molecule has 0 aromatic heterocycles. The Bertz CT molecular complexity index is 1340. The van der Waals surface area contributed by atoms with Gasteiger partial charge >= 0.3 is 0 Å². The van der Waals surface area contributed by atoms with Crippen molar-refractivity contribution in [2.45, 2.75) is 18.7 Å². The van der Waals surface area contributed by atoms with Gasteiger partial charge in [0.1, 0.15) is 13.1 Å². The number of carbonyl (C=O) groups excluding carboxylic acids is 2. The first kappa shape index (κ1) is 22.8. The van der Waals surface area contributed by atoms with Crippen molar-refractivity contribution in [2.24, 2.45) is 0 Å². The fourth-order valence-corrected chi connectivity index (χ4v) is 5.41. The molecule has 0 spiro atoms. The van der Waals surface area contributed by atoms with Gasteiger partial charge in [-0.05, 0) is 61.9 Å². The summed E-state index contributed by atoms with van der Waals surface area (Å²) in [7, 11) is -4.09. The van der Waals surface area contributed by atoms with E-state index < -0.39 is 22.5 Å². The smallest absolute Gasteiger partial charge is 0.264 e. The standard InChI is InChI=1S/C24H22ClN3O4S/c1-16-7-10-19(11-8-16)33(31,32)28(21-12-9-18(25)13-17(21)2)15-24(30)27-14-23(29)26-20-5-3-4-6-22(20)27/h3-13H,14-15H2,1-2H3,(H,26,29). The van der Waals surface area contributed by atoms with Crippen LogP contribution in [0, 0.1) is 13.8 Å². The van der Waals surface area contributed by atoms with E-state index in [1.165, 1.54) is 17.0 Å². The molecule has 0 unspecified atom stereocenters. The van der Waals surface area contributed by atoms with Gasteiger partial charge in [-0.15, -0.1) is 0 Å². The topological polar surface area (TPSA) is 86.8 Å². The number of sulfonamides is 1. The third kappa shape index (κ3) is 4.58. The van der Waals surface area contributed by atoms with Crippen molar-refractivity contribution in [3.8, 4) is 0 Å². The molecule has 4 rings (SSSR count). The van der Waals surface area contributed by atoms with Gasteiger partial charge in [0.2, 0.25) is 11.8 Å². The minimum absolute atomic E-state index is 0.0621. The third-order valence-corrected chi connectivity index (χ3v) is 7.40. The molecule has 7 nitrogen and oxygen atoms in total. The zero-order valence-corrected chi connectivity index (χ0v) is 19.7. The second-order valence-electron chi connectivity index (χ2n) is 7.80. The molecule has 33 heavy (non-hydrogen) atoms. The minimum Gasteiger partial charge on any atom is -0.323 e. The first-order valence-corrected chi connectivity index (χ1v) is 12.0. The molecule has 0 saturated carbocycles. The molecule has 170 valence electrons. The molecule has 1 aliphatic heterocycles. The van der Waals surface area contributed by atoms with Crippen LogP contribution in [0.4, 0.5) is 17.1 Å². The summed E-state index contributed by atoms with van der Waals surface area (Å²) in [6, 6.07) is 18.1. The van der Waals surface area contributed by atoms with Crippen molar-refractivity contribution in [1.82, 2.24) is 0 Å². The molecule has 0 radical (unpaired) electrons. The third-order valence-electron chi connectivity index (χ3n) is 5.39. The average molecular weight is 484 g/mol. The summed E-state index contributed by atoms with van der Waals surface area (Å²) in [5, 5.41) is 3.18. The second-order valence-corrected chi connectivity index (χ2v) is 10.1. The van der Waals surface area contributed by atoms with E-state index in [0.29, 0.717) is 27.6 Å². The van der Waals surface area contributed by atoms with Crippen LogP contribution in [0.15, 0.2) is 71.6 Å². The van der Waals surface area contributed by atoms with E-state index in [-0.39, 0.29) is 17.3 Å². The average Bonchev–Trinajstić information content (AvgIpc) is 2.77. The van der Waals surface area contributed by atoms with Crippen molar-refractivity contribution in [2.75, 3.05) is 27.6 Å². The van der Waals surface area contributed by atoms with Crippen molar-refractivity contribution in [1.29, 1.82) is 0 Å². The van der Waals surface area contributed by atoms with Gasteiger partial charge in [0.15, 0.2) is 0 Å². The van der Waals surface area contributed by atoms with E-state index in [1.54, 1.807) is 61.5 Å². The lowest BCUT2D eigenvalue weighted by atomic mass is 10.2. The molecule has 3 aromatic rings. The van der Waals surface area contributed by atoms with Gasteiger partial charge in [0, 0.05) is 5.02 Å². The summed E-state index contributed by atoms with van der Waals surface area (Å²) in [6.45, 7) is 2.90. The first-order chi connectivity index (χ1) is 15.7. The fourth-order valence-electron chi connectivity index (χ4n) is 3.70. The van der Waals surface area contributed by atoms with Crippen molar-refractivity contribution in [3.05, 3.63) is 82.9 Å². The van der Waals surface area contributed by atoms with Crippen LogP contribution in [-0.4, -0.2) is 33.3 Å². The number of benzene rings is 3. The molecule has 1 heterocycles. The molecule has 3 aromatic carbocycles. The van der Waals surface area contributed by atoms with E-state index in [0.717, 1.165) is 9.87 Å². The van der Waals surface area contributed by atoms with Crippen LogP contribution in [0.25, 0.3) is 0 Å². The zero-order chi connectivity index (χ0) is 23.8. The first-order valence-electron chi connectivity index (χ1n) is 10.2. The molecule has 0 bridgehead atoms. The number of halogens is 1. The molecule has 9 heteroatoms. The molecular formula is C24H22ClN3O4S. The van der Waals surface area contributed by atoms with Crippen molar-refractivity contribution >= 4 is 50.5 Å². The Morgan fingerprint density at radius 3 is 2.45 bits per heavy atom. The summed E-state index contributed by atoms with van der Waals surface area (Å²) in [5.41, 5.74) is 2.86. The van der Waals surface area contributed by atoms with Crippen LogP contribution in [-0.2, 0) is 19.6 Å². The van der Waals surface area contributed by atoms with E-state index in [4.69, 9.17) is 11.6 Å². The predicted molar refractivity (Wildman–Crippen MR) is 129 cm³/mol. The van der Waals surface area contributed by atoms with Gasteiger partial charge in [0.05, 0.1) is 22.0 Å². The summed E-state index contributed by atoms with van der Waals surface area (Å²) in [5.74, 6) is -0.875. The summed E-state index contributed by atoms with van der Waals surface area (Å²) < 4.78 is 28.4. The summed E-state index contributed by atoms with van der Waals surface area (Å²) in [4.78, 5) is 27.0. The highest BCUT2D eigenvalue weighted by Crippen LogP contribution is 2.32. The van der Waals surface area contributed by atoms with E-state index in [1.807, 2.05) is 6.92 Å². The van der Waals surface area contributed by atoms with Crippen LogP contribution in [0.3, 0.4) is 0 Å². The number of rotatable bonds is 5. The largest absolute Gasteiger partial charge is 0.323 e. The van der Waals surface area contributed by atoms with Crippen LogP contribution >= 0.6 is 11.6 Å². The van der Waals surface area contributed by atoms with Crippen molar-refractivity contribution < 1.29 is 18.0 Å². The molecule has 2 amide bonds. The maximum atomic E-state index is 13.7. The number of nitrogens with zero attached hydrogens (tertiary/aromatic N) is 2. The Kier molecular flexibility index (Phi) is 6.14. The quantitative estimate of drug-likeness (QED) is 0.591. The van der Waals surface area contributed by atoms with Crippen molar-refractivity contribution in [3.63, 3.8) is 0 Å². The number of para-hydroxylation sites is 2. The number of fused-ring (bicyclic) bond motifs is 1. The Balaban J connectivity index is 1.77. The van der Waals surface area contributed by atoms with Gasteiger partial charge in [-0.25, -0.2) is 8.42 Å². The van der Waals surface area contributed by atoms with Gasteiger partial charge in [-0.3, -0.25) is 18.8 Å². The highest BCUT2D eigenvalue weighted by Gasteiger charge is 2.33. The monoisotopic (exact) mass is 483 g/mol. The lowest BCUT2D eigenvalue weighted by molar-refractivity contribution is -0.121. The summed E-state index contributed by atoms with van der Waals surface area (Å²) >= 11 is 6.08. The Morgan fingerprint density at radius 1 is 1.06 bits per heavy atom. The number of hydrogen-bond acceptors (Lipinski definition) is 4.